The average molecular weight is 508 g/mol. The monoisotopic (exact) mass is 508 g/mol. The highest BCUT2D eigenvalue weighted by molar-refractivity contribution is 14.1. The van der Waals surface area contributed by atoms with Crippen LogP contribution in [0.25, 0.3) is 0 Å². The van der Waals surface area contributed by atoms with Gasteiger partial charge in [-0.05, 0) is 59.3 Å². The molecule has 0 radical (unpaired) electrons. The molecule has 1 heterocycles. The number of nitrogens with one attached hydrogen (secondary N) is 1. The topological polar surface area (TPSA) is 72.2 Å². The van der Waals surface area contributed by atoms with Crippen LogP contribution in [-0.2, 0) is 16.4 Å². The second-order valence-corrected chi connectivity index (χ2v) is 8.55. The Bertz CT molecular complexity index is 1120. The number of aromatic nitrogens is 1. The molecule has 1 N–H and O–H groups in total. The first kappa shape index (κ1) is 19.7. The Balaban J connectivity index is 2.04. The normalized spacial score (nSPS) is 11.6. The molecule has 0 aliphatic heterocycles. The minimum absolute atomic E-state index is 0.0373. The van der Waals surface area contributed by atoms with E-state index >= 15 is 0 Å². The molecule has 142 valence electrons. The van der Waals surface area contributed by atoms with E-state index in [1.54, 1.807) is 6.07 Å². The van der Waals surface area contributed by atoms with Crippen LogP contribution in [0.4, 0.5) is 18.9 Å². The molecule has 0 aliphatic carbocycles. The number of sulfonamides is 1. The number of halogens is 4. The quantitative estimate of drug-likeness (QED) is 0.519. The average Bonchev–Trinajstić information content (AvgIpc) is 3.03. The largest absolute Gasteiger partial charge is 0.360 e. The third kappa shape index (κ3) is 4.10. The van der Waals surface area contributed by atoms with Crippen molar-refractivity contribution in [2.45, 2.75) is 18.2 Å². The van der Waals surface area contributed by atoms with Gasteiger partial charge in [-0.1, -0.05) is 11.2 Å². The van der Waals surface area contributed by atoms with Gasteiger partial charge in [-0.15, -0.1) is 0 Å². The van der Waals surface area contributed by atoms with Crippen molar-refractivity contribution >= 4 is 38.3 Å². The van der Waals surface area contributed by atoms with Crippen molar-refractivity contribution in [1.82, 2.24) is 5.16 Å². The molecule has 5 nitrogen and oxygen atoms in total. The molecule has 1 aromatic heterocycles. The van der Waals surface area contributed by atoms with Gasteiger partial charge in [0.2, 0.25) is 0 Å². The summed E-state index contributed by atoms with van der Waals surface area (Å²) >= 11 is 1.92. The first-order valence-corrected chi connectivity index (χ1v) is 10.1. The fraction of sp³-hybridized carbons (Fsp3) is 0.118. The molecule has 0 saturated heterocycles. The van der Waals surface area contributed by atoms with Gasteiger partial charge in [0.25, 0.3) is 10.0 Å². The molecule has 0 unspecified atom stereocenters. The summed E-state index contributed by atoms with van der Waals surface area (Å²) in [6.45, 7) is 1.40. The van der Waals surface area contributed by atoms with E-state index in [4.69, 9.17) is 4.52 Å². The lowest BCUT2D eigenvalue weighted by molar-refractivity contribution is 0.394. The van der Waals surface area contributed by atoms with E-state index < -0.39 is 27.5 Å². The van der Waals surface area contributed by atoms with Gasteiger partial charge in [-0.25, -0.2) is 21.6 Å². The van der Waals surface area contributed by atoms with Gasteiger partial charge in [-0.3, -0.25) is 4.72 Å². The van der Waals surface area contributed by atoms with Gasteiger partial charge < -0.3 is 4.52 Å². The molecular formula is C17H12F3IN2O3S. The SMILES string of the molecule is Cc1oncc1S(=O)(=O)Nc1ccc(F)c(F)c1Cc1ccc(I)cc1F. The van der Waals surface area contributed by atoms with E-state index in [1.165, 1.54) is 19.1 Å². The number of benzene rings is 2. The molecule has 3 rings (SSSR count). The Kier molecular flexibility index (Phi) is 5.47. The number of hydrogen-bond donors (Lipinski definition) is 1. The Hall–Kier alpha value is -2.08. The maximum atomic E-state index is 14.4. The minimum Gasteiger partial charge on any atom is -0.360 e. The second kappa shape index (κ2) is 7.50. The molecule has 0 atom stereocenters. The fourth-order valence-electron chi connectivity index (χ4n) is 2.46. The molecule has 2 aromatic carbocycles. The van der Waals surface area contributed by atoms with Gasteiger partial charge in [0, 0.05) is 15.6 Å². The molecule has 3 aromatic rings. The number of aryl methyl sites for hydroxylation is 1. The van der Waals surface area contributed by atoms with Crippen molar-refractivity contribution in [2.24, 2.45) is 0 Å². The second-order valence-electron chi connectivity index (χ2n) is 5.65. The Morgan fingerprint density at radius 2 is 1.89 bits per heavy atom. The summed E-state index contributed by atoms with van der Waals surface area (Å²) in [5.41, 5.74) is -0.415. The molecule has 0 spiro atoms. The zero-order chi connectivity index (χ0) is 19.8. The van der Waals surface area contributed by atoms with Gasteiger partial charge in [0.05, 0.1) is 11.9 Å². The predicted octanol–water partition coefficient (Wildman–Crippen LogP) is 4.40. The highest BCUT2D eigenvalue weighted by atomic mass is 127. The smallest absolute Gasteiger partial charge is 0.267 e. The molecule has 0 amide bonds. The predicted molar refractivity (Wildman–Crippen MR) is 100 cm³/mol. The lowest BCUT2D eigenvalue weighted by Crippen LogP contribution is -2.16. The highest BCUT2D eigenvalue weighted by Gasteiger charge is 2.24. The van der Waals surface area contributed by atoms with Gasteiger partial charge in [-0.2, -0.15) is 0 Å². The van der Waals surface area contributed by atoms with Crippen molar-refractivity contribution in [3.63, 3.8) is 0 Å². The van der Waals surface area contributed by atoms with E-state index in [0.29, 0.717) is 3.57 Å². The molecule has 10 heteroatoms. The maximum absolute atomic E-state index is 14.4. The third-order valence-electron chi connectivity index (χ3n) is 3.82. The van der Waals surface area contributed by atoms with Crippen LogP contribution in [0.5, 0.6) is 0 Å². The number of hydrogen-bond acceptors (Lipinski definition) is 4. The fourth-order valence-corrected chi connectivity index (χ4v) is 4.11. The molecule has 0 aliphatic rings. The van der Waals surface area contributed by atoms with Crippen molar-refractivity contribution < 1.29 is 26.1 Å². The van der Waals surface area contributed by atoms with Gasteiger partial charge in [0.1, 0.15) is 10.7 Å². The standard InChI is InChI=1S/C17H12F3IN2O3S/c1-9-16(8-22-26-9)27(24,25)23-15-5-4-13(18)17(20)12(15)6-10-2-3-11(21)7-14(10)19/h2-5,7-8,23H,6H2,1H3. The molecule has 0 bridgehead atoms. The Morgan fingerprint density at radius 3 is 2.52 bits per heavy atom. The summed E-state index contributed by atoms with van der Waals surface area (Å²) in [5, 5.41) is 3.39. The van der Waals surface area contributed by atoms with Crippen LogP contribution in [0.3, 0.4) is 0 Å². The van der Waals surface area contributed by atoms with Crippen LogP contribution < -0.4 is 4.72 Å². The lowest BCUT2D eigenvalue weighted by Gasteiger charge is -2.14. The van der Waals surface area contributed by atoms with E-state index in [-0.39, 0.29) is 33.9 Å². The summed E-state index contributed by atoms with van der Waals surface area (Å²) < 4.78 is 74.8. The number of nitrogens with zero attached hydrogens (tertiary/aromatic N) is 1. The van der Waals surface area contributed by atoms with Crippen molar-refractivity contribution in [2.75, 3.05) is 4.72 Å². The zero-order valence-corrected chi connectivity index (χ0v) is 16.7. The molecule has 0 saturated carbocycles. The summed E-state index contributed by atoms with van der Waals surface area (Å²) in [7, 11) is -4.15. The van der Waals surface area contributed by atoms with Crippen LogP contribution in [0.1, 0.15) is 16.9 Å². The van der Waals surface area contributed by atoms with Crippen LogP contribution in [0.15, 0.2) is 45.9 Å². The molecule has 27 heavy (non-hydrogen) atoms. The Labute approximate surface area is 166 Å². The summed E-state index contributed by atoms with van der Waals surface area (Å²) in [5.74, 6) is -2.99. The molecule has 0 fully saturated rings. The highest BCUT2D eigenvalue weighted by Crippen LogP contribution is 2.28. The van der Waals surface area contributed by atoms with Gasteiger partial charge >= 0.3 is 0 Å². The van der Waals surface area contributed by atoms with Crippen LogP contribution >= 0.6 is 22.6 Å². The maximum Gasteiger partial charge on any atom is 0.267 e. The van der Waals surface area contributed by atoms with E-state index in [0.717, 1.165) is 18.3 Å². The third-order valence-corrected chi connectivity index (χ3v) is 5.95. The number of rotatable bonds is 5. The summed E-state index contributed by atoms with van der Waals surface area (Å²) in [6, 6.07) is 6.17. The zero-order valence-electron chi connectivity index (χ0n) is 13.8. The van der Waals surface area contributed by atoms with E-state index in [9.17, 15) is 21.6 Å². The summed E-state index contributed by atoms with van der Waals surface area (Å²) in [6.07, 6.45) is 0.656. The lowest BCUT2D eigenvalue weighted by atomic mass is 10.0. The van der Waals surface area contributed by atoms with Crippen LogP contribution in [0, 0.1) is 27.9 Å². The van der Waals surface area contributed by atoms with E-state index in [1.807, 2.05) is 22.6 Å². The first-order chi connectivity index (χ1) is 12.7. The van der Waals surface area contributed by atoms with Crippen molar-refractivity contribution in [3.8, 4) is 0 Å². The minimum atomic E-state index is -4.15. The van der Waals surface area contributed by atoms with Crippen LogP contribution in [0.2, 0.25) is 0 Å². The van der Waals surface area contributed by atoms with Crippen molar-refractivity contribution in [3.05, 3.63) is 74.4 Å². The van der Waals surface area contributed by atoms with Crippen molar-refractivity contribution in [1.29, 1.82) is 0 Å². The first-order valence-electron chi connectivity index (χ1n) is 7.54. The molecular weight excluding hydrogens is 496 g/mol. The van der Waals surface area contributed by atoms with E-state index in [2.05, 4.69) is 9.88 Å². The van der Waals surface area contributed by atoms with Gasteiger partial charge in [0.15, 0.2) is 17.4 Å². The van der Waals surface area contributed by atoms with Crippen LogP contribution in [-0.4, -0.2) is 13.6 Å². The number of anilines is 1. The Morgan fingerprint density at radius 1 is 1.15 bits per heavy atom. The summed E-state index contributed by atoms with van der Waals surface area (Å²) in [4.78, 5) is -0.237.